The first-order valence-corrected chi connectivity index (χ1v) is 6.80. The van der Waals surface area contributed by atoms with Crippen LogP contribution >= 0.6 is 23.4 Å². The Balaban J connectivity index is 2.15. The van der Waals surface area contributed by atoms with Gasteiger partial charge in [0.25, 0.3) is 0 Å². The van der Waals surface area contributed by atoms with Crippen LogP contribution in [0.5, 0.6) is 11.5 Å². The zero-order valence-corrected chi connectivity index (χ0v) is 11.5. The van der Waals surface area contributed by atoms with Gasteiger partial charge in [-0.1, -0.05) is 23.7 Å². The van der Waals surface area contributed by atoms with E-state index in [1.165, 1.54) is 0 Å². The molecule has 2 aromatic rings. The number of aromatic hydroxyl groups is 1. The molecule has 0 saturated heterocycles. The molecule has 0 spiro atoms. The van der Waals surface area contributed by atoms with E-state index in [1.807, 2.05) is 24.3 Å². The van der Waals surface area contributed by atoms with Gasteiger partial charge in [0.1, 0.15) is 11.5 Å². The summed E-state index contributed by atoms with van der Waals surface area (Å²) in [6.07, 6.45) is 0. The number of phenols is 1. The summed E-state index contributed by atoms with van der Waals surface area (Å²) in [4.78, 5) is 0.847. The molecule has 0 aromatic heterocycles. The Morgan fingerprint density at radius 3 is 2.72 bits per heavy atom. The summed E-state index contributed by atoms with van der Waals surface area (Å²) in [6.45, 7) is 0. The number of hydrogen-bond acceptors (Lipinski definition) is 3. The van der Waals surface area contributed by atoms with Crippen molar-refractivity contribution in [2.24, 2.45) is 0 Å². The van der Waals surface area contributed by atoms with Crippen LogP contribution in [-0.4, -0.2) is 12.2 Å². The highest BCUT2D eigenvalue weighted by Crippen LogP contribution is 2.33. The summed E-state index contributed by atoms with van der Waals surface area (Å²) >= 11 is 7.52. The van der Waals surface area contributed by atoms with E-state index in [0.29, 0.717) is 16.5 Å². The molecular weight excluding hydrogens is 268 g/mol. The normalized spacial score (nSPS) is 10.3. The molecule has 4 heteroatoms. The summed E-state index contributed by atoms with van der Waals surface area (Å²) in [6, 6.07) is 12.8. The molecule has 0 amide bonds. The Morgan fingerprint density at radius 2 is 2.00 bits per heavy atom. The van der Waals surface area contributed by atoms with Gasteiger partial charge in [-0.3, -0.25) is 0 Å². The summed E-state index contributed by atoms with van der Waals surface area (Å²) < 4.78 is 5.28. The Hall–Kier alpha value is -1.32. The van der Waals surface area contributed by atoms with Crippen molar-refractivity contribution >= 4 is 23.4 Å². The number of thioether (sulfide) groups is 1. The third-order valence-electron chi connectivity index (χ3n) is 2.49. The molecule has 2 rings (SSSR count). The summed E-state index contributed by atoms with van der Waals surface area (Å²) in [5.41, 5.74) is 1.01. The third-order valence-corrected chi connectivity index (χ3v) is 3.84. The van der Waals surface area contributed by atoms with Crippen LogP contribution in [0.4, 0.5) is 0 Å². The predicted octanol–water partition coefficient (Wildman–Crippen LogP) is 4.35. The molecule has 2 aromatic carbocycles. The minimum Gasteiger partial charge on any atom is -0.507 e. The lowest BCUT2D eigenvalue weighted by Gasteiger charge is -2.09. The molecule has 0 aliphatic carbocycles. The van der Waals surface area contributed by atoms with Crippen LogP contribution in [-0.2, 0) is 5.75 Å². The summed E-state index contributed by atoms with van der Waals surface area (Å²) in [7, 11) is 1.64. The van der Waals surface area contributed by atoms with Crippen molar-refractivity contribution in [3.05, 3.63) is 53.1 Å². The second-order valence-electron chi connectivity index (χ2n) is 3.71. The molecule has 18 heavy (non-hydrogen) atoms. The van der Waals surface area contributed by atoms with Crippen molar-refractivity contribution in [1.29, 1.82) is 0 Å². The molecule has 0 saturated carbocycles. The van der Waals surface area contributed by atoms with Crippen LogP contribution in [0.3, 0.4) is 0 Å². The number of para-hydroxylation sites is 1. The lowest BCUT2D eigenvalue weighted by atomic mass is 10.2. The Labute approximate surface area is 116 Å². The van der Waals surface area contributed by atoms with Crippen LogP contribution < -0.4 is 4.74 Å². The standard InChI is InChI=1S/C14H13ClO2S/c1-17-13-7-6-11(15)8-10(13)9-18-14-5-3-2-4-12(14)16/h2-8,16H,9H2,1H3. The van der Waals surface area contributed by atoms with Crippen molar-refractivity contribution in [1.82, 2.24) is 0 Å². The zero-order chi connectivity index (χ0) is 13.0. The van der Waals surface area contributed by atoms with Crippen LogP contribution in [0.25, 0.3) is 0 Å². The Morgan fingerprint density at radius 1 is 1.22 bits per heavy atom. The maximum absolute atomic E-state index is 9.69. The molecule has 2 nitrogen and oxygen atoms in total. The zero-order valence-electron chi connectivity index (χ0n) is 9.89. The first kappa shape index (κ1) is 13.1. The van der Waals surface area contributed by atoms with E-state index >= 15 is 0 Å². The molecule has 0 radical (unpaired) electrons. The Bertz CT molecular complexity index is 543. The van der Waals surface area contributed by atoms with Gasteiger partial charge in [0, 0.05) is 21.2 Å². The van der Waals surface area contributed by atoms with E-state index in [1.54, 1.807) is 37.1 Å². The lowest BCUT2D eigenvalue weighted by Crippen LogP contribution is -1.90. The monoisotopic (exact) mass is 280 g/mol. The lowest BCUT2D eigenvalue weighted by molar-refractivity contribution is 0.411. The molecular formula is C14H13ClO2S. The van der Waals surface area contributed by atoms with E-state index in [9.17, 15) is 5.11 Å². The number of methoxy groups -OCH3 is 1. The van der Waals surface area contributed by atoms with Gasteiger partial charge in [-0.25, -0.2) is 0 Å². The average Bonchev–Trinajstić information content (AvgIpc) is 2.38. The molecule has 0 atom stereocenters. The van der Waals surface area contributed by atoms with Crippen LogP contribution in [0, 0.1) is 0 Å². The van der Waals surface area contributed by atoms with Crippen LogP contribution in [0.2, 0.25) is 5.02 Å². The number of halogens is 1. The highest BCUT2D eigenvalue weighted by Gasteiger charge is 2.06. The highest BCUT2D eigenvalue weighted by molar-refractivity contribution is 7.98. The van der Waals surface area contributed by atoms with E-state index in [-0.39, 0.29) is 0 Å². The molecule has 0 bridgehead atoms. The van der Waals surface area contributed by atoms with E-state index in [0.717, 1.165) is 16.2 Å². The van der Waals surface area contributed by atoms with Crippen LogP contribution in [0.1, 0.15) is 5.56 Å². The fourth-order valence-electron chi connectivity index (χ4n) is 1.59. The van der Waals surface area contributed by atoms with E-state index < -0.39 is 0 Å². The molecule has 94 valence electrons. The largest absolute Gasteiger partial charge is 0.507 e. The first-order chi connectivity index (χ1) is 8.70. The quantitative estimate of drug-likeness (QED) is 0.845. The molecule has 1 N–H and O–H groups in total. The van der Waals surface area contributed by atoms with Crippen molar-refractivity contribution < 1.29 is 9.84 Å². The van der Waals surface area contributed by atoms with E-state index in [4.69, 9.17) is 16.3 Å². The van der Waals surface area contributed by atoms with Gasteiger partial charge in [0.05, 0.1) is 7.11 Å². The molecule has 0 aliphatic rings. The predicted molar refractivity (Wildman–Crippen MR) is 75.7 cm³/mol. The fourth-order valence-corrected chi connectivity index (χ4v) is 2.72. The molecule has 0 heterocycles. The van der Waals surface area contributed by atoms with E-state index in [2.05, 4.69) is 0 Å². The molecule has 0 fully saturated rings. The first-order valence-electron chi connectivity index (χ1n) is 5.44. The molecule has 0 unspecified atom stereocenters. The van der Waals surface area contributed by atoms with Crippen molar-refractivity contribution in [3.8, 4) is 11.5 Å². The summed E-state index contributed by atoms with van der Waals surface area (Å²) in [5, 5.41) is 10.4. The number of ether oxygens (including phenoxy) is 1. The maximum Gasteiger partial charge on any atom is 0.129 e. The van der Waals surface area contributed by atoms with Crippen molar-refractivity contribution in [2.45, 2.75) is 10.6 Å². The SMILES string of the molecule is COc1ccc(Cl)cc1CSc1ccccc1O. The highest BCUT2D eigenvalue weighted by atomic mass is 35.5. The number of benzene rings is 2. The minimum atomic E-state index is 0.295. The Kier molecular flexibility index (Phi) is 4.39. The fraction of sp³-hybridized carbons (Fsp3) is 0.143. The number of rotatable bonds is 4. The smallest absolute Gasteiger partial charge is 0.129 e. The van der Waals surface area contributed by atoms with Gasteiger partial charge in [-0.15, -0.1) is 11.8 Å². The van der Waals surface area contributed by atoms with Gasteiger partial charge in [-0.05, 0) is 30.3 Å². The number of hydrogen-bond donors (Lipinski definition) is 1. The topological polar surface area (TPSA) is 29.5 Å². The van der Waals surface area contributed by atoms with Gasteiger partial charge < -0.3 is 9.84 Å². The van der Waals surface area contributed by atoms with Gasteiger partial charge >= 0.3 is 0 Å². The van der Waals surface area contributed by atoms with Gasteiger partial charge in [-0.2, -0.15) is 0 Å². The van der Waals surface area contributed by atoms with Crippen molar-refractivity contribution in [2.75, 3.05) is 7.11 Å². The minimum absolute atomic E-state index is 0.295. The third kappa shape index (κ3) is 3.12. The second kappa shape index (κ2) is 6.03. The van der Waals surface area contributed by atoms with Gasteiger partial charge in [0.15, 0.2) is 0 Å². The maximum atomic E-state index is 9.69. The molecule has 0 aliphatic heterocycles. The van der Waals surface area contributed by atoms with Crippen molar-refractivity contribution in [3.63, 3.8) is 0 Å². The van der Waals surface area contributed by atoms with Gasteiger partial charge in [0.2, 0.25) is 0 Å². The second-order valence-corrected chi connectivity index (χ2v) is 5.17. The number of phenolic OH excluding ortho intramolecular Hbond substituents is 1. The van der Waals surface area contributed by atoms with Crippen LogP contribution in [0.15, 0.2) is 47.4 Å². The average molecular weight is 281 g/mol. The summed E-state index contributed by atoms with van der Waals surface area (Å²) in [5.74, 6) is 1.80.